The van der Waals surface area contributed by atoms with Gasteiger partial charge in [0.15, 0.2) is 17.5 Å². The van der Waals surface area contributed by atoms with Gasteiger partial charge in [0.05, 0.1) is 11.8 Å². The number of rotatable bonds is 4. The topological polar surface area (TPSA) is 56.1 Å². The third-order valence-corrected chi connectivity index (χ3v) is 3.79. The number of likely N-dealkylation sites (tertiary alicyclic amines) is 1. The summed E-state index contributed by atoms with van der Waals surface area (Å²) >= 11 is 0. The van der Waals surface area contributed by atoms with Crippen molar-refractivity contribution in [3.05, 3.63) is 29.6 Å². The highest BCUT2D eigenvalue weighted by Crippen LogP contribution is 2.23. The number of piperidine rings is 1. The van der Waals surface area contributed by atoms with Gasteiger partial charge in [-0.15, -0.1) is 0 Å². The first-order valence-corrected chi connectivity index (χ1v) is 7.06. The molecule has 4 nitrogen and oxygen atoms in total. The van der Waals surface area contributed by atoms with E-state index in [0.29, 0.717) is 38.9 Å². The molecule has 1 aliphatic heterocycles. The number of nitrogens with zero attached hydrogens (tertiary/aromatic N) is 2. The van der Waals surface area contributed by atoms with E-state index in [2.05, 4.69) is 16.3 Å². The maximum absolute atomic E-state index is 13.5. The summed E-state index contributed by atoms with van der Waals surface area (Å²) in [6.45, 7) is 2.03. The van der Waals surface area contributed by atoms with Crippen molar-refractivity contribution in [3.8, 4) is 6.07 Å². The maximum Gasteiger partial charge on any atom is 0.227 e. The van der Waals surface area contributed by atoms with Crippen molar-refractivity contribution in [2.45, 2.75) is 19.3 Å². The number of nitriles is 1. The Labute approximate surface area is 126 Å². The van der Waals surface area contributed by atoms with E-state index in [0.717, 1.165) is 12.1 Å². The fourth-order valence-electron chi connectivity index (χ4n) is 2.48. The van der Waals surface area contributed by atoms with Crippen molar-refractivity contribution in [2.24, 2.45) is 5.92 Å². The zero-order valence-corrected chi connectivity index (χ0v) is 11.9. The van der Waals surface area contributed by atoms with Crippen molar-refractivity contribution in [3.63, 3.8) is 0 Å². The van der Waals surface area contributed by atoms with Crippen LogP contribution in [0.1, 0.15) is 19.3 Å². The van der Waals surface area contributed by atoms with Crippen LogP contribution >= 0.6 is 0 Å². The Balaban J connectivity index is 1.92. The molecule has 22 heavy (non-hydrogen) atoms. The number of carbonyl (C=O) groups is 1. The molecule has 0 unspecified atom stereocenters. The molecule has 1 saturated heterocycles. The van der Waals surface area contributed by atoms with Crippen molar-refractivity contribution in [1.29, 1.82) is 5.26 Å². The number of carbonyl (C=O) groups excluding carboxylic acids is 1. The molecule has 7 heteroatoms. The van der Waals surface area contributed by atoms with E-state index < -0.39 is 23.4 Å². The quantitative estimate of drug-likeness (QED) is 0.870. The van der Waals surface area contributed by atoms with Gasteiger partial charge in [-0.25, -0.2) is 13.2 Å². The lowest BCUT2D eigenvalue weighted by Crippen LogP contribution is -2.38. The number of nitrogens with one attached hydrogen (secondary N) is 1. The van der Waals surface area contributed by atoms with Crippen molar-refractivity contribution in [2.75, 3.05) is 25.0 Å². The molecule has 1 fully saturated rings. The molecule has 0 aliphatic carbocycles. The zero-order chi connectivity index (χ0) is 16.1. The second kappa shape index (κ2) is 7.27. The van der Waals surface area contributed by atoms with Crippen LogP contribution in [0.4, 0.5) is 18.9 Å². The van der Waals surface area contributed by atoms with E-state index in [1.807, 2.05) is 0 Å². The molecule has 0 atom stereocenters. The van der Waals surface area contributed by atoms with Crippen LogP contribution in [-0.4, -0.2) is 30.4 Å². The third-order valence-electron chi connectivity index (χ3n) is 3.79. The van der Waals surface area contributed by atoms with Gasteiger partial charge in [-0.3, -0.25) is 4.79 Å². The van der Waals surface area contributed by atoms with Gasteiger partial charge in [0.25, 0.3) is 0 Å². The molecular formula is C15H16F3N3O. The standard InChI is InChI=1S/C15H16F3N3O/c16-11-2-3-12(14(18)13(11)17)20-15(22)10-4-8-21(9-5-10)7-1-6-19/h2-3,10H,1,4-5,7-9H2,(H,20,22). The lowest BCUT2D eigenvalue weighted by Gasteiger charge is -2.30. The van der Waals surface area contributed by atoms with Crippen molar-refractivity contribution in [1.82, 2.24) is 4.90 Å². The number of hydrogen-bond donors (Lipinski definition) is 1. The first kappa shape index (κ1) is 16.3. The van der Waals surface area contributed by atoms with Crippen LogP contribution in [0.25, 0.3) is 0 Å². The second-order valence-electron chi connectivity index (χ2n) is 5.24. The summed E-state index contributed by atoms with van der Waals surface area (Å²) in [6, 6.07) is 3.85. The van der Waals surface area contributed by atoms with Gasteiger partial charge < -0.3 is 10.2 Å². The number of hydrogen-bond acceptors (Lipinski definition) is 3. The van der Waals surface area contributed by atoms with Crippen molar-refractivity contribution >= 4 is 11.6 Å². The fraction of sp³-hybridized carbons (Fsp3) is 0.467. The average molecular weight is 311 g/mol. The van der Waals surface area contributed by atoms with Crippen LogP contribution < -0.4 is 5.32 Å². The van der Waals surface area contributed by atoms with E-state index in [-0.39, 0.29) is 11.6 Å². The highest BCUT2D eigenvalue weighted by molar-refractivity contribution is 5.92. The monoisotopic (exact) mass is 311 g/mol. The van der Waals surface area contributed by atoms with Crippen LogP contribution in [0.5, 0.6) is 0 Å². The first-order chi connectivity index (χ1) is 10.5. The Hall–Kier alpha value is -2.07. The molecular weight excluding hydrogens is 295 g/mol. The normalized spacial score (nSPS) is 16.3. The summed E-state index contributed by atoms with van der Waals surface area (Å²) < 4.78 is 39.5. The molecule has 0 bridgehead atoms. The van der Waals surface area contributed by atoms with E-state index >= 15 is 0 Å². The summed E-state index contributed by atoms with van der Waals surface area (Å²) in [5.41, 5.74) is -0.351. The molecule has 2 rings (SSSR count). The van der Waals surface area contributed by atoms with Crippen LogP contribution in [0.2, 0.25) is 0 Å². The molecule has 1 aliphatic rings. The molecule has 1 heterocycles. The molecule has 1 amide bonds. The summed E-state index contributed by atoms with van der Waals surface area (Å²) in [4.78, 5) is 14.2. The smallest absolute Gasteiger partial charge is 0.227 e. The lowest BCUT2D eigenvalue weighted by molar-refractivity contribution is -0.121. The molecule has 0 spiro atoms. The highest BCUT2D eigenvalue weighted by atomic mass is 19.2. The molecule has 0 saturated carbocycles. The summed E-state index contributed by atoms with van der Waals surface area (Å²) in [6.07, 6.45) is 1.61. The molecule has 118 valence electrons. The van der Waals surface area contributed by atoms with Gasteiger partial charge in [0.2, 0.25) is 5.91 Å². The minimum absolute atomic E-state index is 0.300. The predicted octanol–water partition coefficient (Wildman–Crippen LogP) is 2.67. The fourth-order valence-corrected chi connectivity index (χ4v) is 2.48. The highest BCUT2D eigenvalue weighted by Gasteiger charge is 2.26. The van der Waals surface area contributed by atoms with E-state index in [4.69, 9.17) is 5.26 Å². The number of anilines is 1. The van der Waals surface area contributed by atoms with Crippen LogP contribution in [0.3, 0.4) is 0 Å². The number of benzene rings is 1. The summed E-state index contributed by atoms with van der Waals surface area (Å²) in [7, 11) is 0. The van der Waals surface area contributed by atoms with Crippen LogP contribution in [0, 0.1) is 34.7 Å². The molecule has 1 aromatic rings. The third kappa shape index (κ3) is 3.77. The lowest BCUT2D eigenvalue weighted by atomic mass is 9.95. The second-order valence-corrected chi connectivity index (χ2v) is 5.24. The van der Waals surface area contributed by atoms with E-state index in [1.165, 1.54) is 0 Å². The number of amides is 1. The minimum atomic E-state index is -1.59. The zero-order valence-electron chi connectivity index (χ0n) is 11.9. The van der Waals surface area contributed by atoms with Gasteiger partial charge in [0, 0.05) is 18.9 Å². The maximum atomic E-state index is 13.5. The van der Waals surface area contributed by atoms with Crippen LogP contribution in [-0.2, 0) is 4.79 Å². The Morgan fingerprint density at radius 3 is 2.59 bits per heavy atom. The van der Waals surface area contributed by atoms with Gasteiger partial charge in [-0.05, 0) is 38.1 Å². The van der Waals surface area contributed by atoms with Gasteiger partial charge in [0.1, 0.15) is 0 Å². The van der Waals surface area contributed by atoms with Crippen LogP contribution in [0.15, 0.2) is 12.1 Å². The van der Waals surface area contributed by atoms with E-state index in [9.17, 15) is 18.0 Å². The summed E-state index contributed by atoms with van der Waals surface area (Å²) in [5, 5.41) is 10.9. The molecule has 1 aromatic carbocycles. The number of halogens is 3. The SMILES string of the molecule is N#CCCN1CCC(C(=O)Nc2ccc(F)c(F)c2F)CC1. The van der Waals surface area contributed by atoms with Gasteiger partial charge in [-0.2, -0.15) is 5.26 Å². The Morgan fingerprint density at radius 1 is 1.27 bits per heavy atom. The van der Waals surface area contributed by atoms with Gasteiger partial charge >= 0.3 is 0 Å². The molecule has 1 N–H and O–H groups in total. The van der Waals surface area contributed by atoms with E-state index in [1.54, 1.807) is 0 Å². The Morgan fingerprint density at radius 2 is 1.95 bits per heavy atom. The van der Waals surface area contributed by atoms with Gasteiger partial charge in [-0.1, -0.05) is 0 Å². The predicted molar refractivity (Wildman–Crippen MR) is 74.3 cm³/mol. The minimum Gasteiger partial charge on any atom is -0.323 e. The summed E-state index contributed by atoms with van der Waals surface area (Å²) in [5.74, 6) is -4.97. The Kier molecular flexibility index (Phi) is 5.39. The first-order valence-electron chi connectivity index (χ1n) is 7.06. The van der Waals surface area contributed by atoms with Crippen molar-refractivity contribution < 1.29 is 18.0 Å². The average Bonchev–Trinajstić information content (AvgIpc) is 2.54. The largest absolute Gasteiger partial charge is 0.323 e. The molecule has 0 radical (unpaired) electrons. The molecule has 0 aromatic heterocycles. The Bertz CT molecular complexity index is 592.